The van der Waals surface area contributed by atoms with Gasteiger partial charge in [-0.2, -0.15) is 0 Å². The van der Waals surface area contributed by atoms with Crippen LogP contribution in [0, 0.1) is 0 Å². The molecule has 68 valence electrons. The number of phenolic OH excluding ortho intramolecular Hbond substituents is 2. The van der Waals surface area contributed by atoms with Gasteiger partial charge in [0, 0.05) is 6.07 Å². The molecular weight excluding hydrogens is 168 g/mol. The molecule has 1 rings (SSSR count). The minimum absolute atomic E-state index is 0.0232. The van der Waals surface area contributed by atoms with E-state index in [9.17, 15) is 4.79 Å². The van der Waals surface area contributed by atoms with Crippen molar-refractivity contribution < 1.29 is 15.0 Å². The number of benzene rings is 1. The fourth-order valence-corrected chi connectivity index (χ4v) is 0.998. The van der Waals surface area contributed by atoms with Gasteiger partial charge in [0.2, 0.25) is 0 Å². The Morgan fingerprint density at radius 2 is 1.77 bits per heavy atom. The van der Waals surface area contributed by atoms with Gasteiger partial charge in [-0.15, -0.1) is 0 Å². The highest BCUT2D eigenvalue weighted by molar-refractivity contribution is 5.81. The van der Waals surface area contributed by atoms with Crippen molar-refractivity contribution >= 4 is 12.4 Å². The van der Waals surface area contributed by atoms with Crippen LogP contribution in [0.1, 0.15) is 12.5 Å². The van der Waals surface area contributed by atoms with Gasteiger partial charge in [-0.05, 0) is 36.3 Å². The van der Waals surface area contributed by atoms with Crippen LogP contribution in [-0.4, -0.2) is 16.5 Å². The molecule has 3 heteroatoms. The van der Waals surface area contributed by atoms with E-state index in [2.05, 4.69) is 0 Å². The lowest BCUT2D eigenvalue weighted by molar-refractivity contribution is -0.104. The van der Waals surface area contributed by atoms with Crippen molar-refractivity contribution in [3.05, 3.63) is 29.3 Å². The van der Waals surface area contributed by atoms with Gasteiger partial charge in [0.1, 0.15) is 17.8 Å². The van der Waals surface area contributed by atoms with E-state index in [4.69, 9.17) is 10.2 Å². The van der Waals surface area contributed by atoms with Crippen LogP contribution in [-0.2, 0) is 4.79 Å². The van der Waals surface area contributed by atoms with E-state index in [-0.39, 0.29) is 11.5 Å². The summed E-state index contributed by atoms with van der Waals surface area (Å²) in [4.78, 5) is 10.3. The van der Waals surface area contributed by atoms with Crippen molar-refractivity contribution in [3.63, 3.8) is 0 Å². The van der Waals surface area contributed by atoms with Crippen LogP contribution in [0.5, 0.6) is 11.5 Å². The van der Waals surface area contributed by atoms with Crippen molar-refractivity contribution in [2.45, 2.75) is 6.92 Å². The van der Waals surface area contributed by atoms with Crippen LogP contribution in [0.15, 0.2) is 23.8 Å². The van der Waals surface area contributed by atoms with Gasteiger partial charge in [-0.3, -0.25) is 4.79 Å². The first-order chi connectivity index (χ1) is 6.11. The Morgan fingerprint density at radius 3 is 2.23 bits per heavy atom. The monoisotopic (exact) mass is 178 g/mol. The summed E-state index contributed by atoms with van der Waals surface area (Å²) in [6.45, 7) is 1.65. The molecule has 0 unspecified atom stereocenters. The molecule has 1 aromatic carbocycles. The second-order valence-electron chi connectivity index (χ2n) is 2.79. The highest BCUT2D eigenvalue weighted by atomic mass is 16.3. The minimum atomic E-state index is -0.0232. The first kappa shape index (κ1) is 9.32. The van der Waals surface area contributed by atoms with E-state index >= 15 is 0 Å². The molecule has 2 N–H and O–H groups in total. The van der Waals surface area contributed by atoms with Crippen LogP contribution in [0.2, 0.25) is 0 Å². The fraction of sp³-hybridized carbons (Fsp3) is 0.100. The number of hydrogen-bond acceptors (Lipinski definition) is 3. The third-order valence-corrected chi connectivity index (χ3v) is 1.51. The summed E-state index contributed by atoms with van der Waals surface area (Å²) >= 11 is 0. The van der Waals surface area contributed by atoms with E-state index < -0.39 is 0 Å². The van der Waals surface area contributed by atoms with Gasteiger partial charge < -0.3 is 10.2 Å². The third kappa shape index (κ3) is 2.63. The zero-order valence-corrected chi connectivity index (χ0v) is 7.19. The van der Waals surface area contributed by atoms with E-state index in [1.54, 1.807) is 13.0 Å². The Hall–Kier alpha value is -1.77. The number of aldehydes is 1. The summed E-state index contributed by atoms with van der Waals surface area (Å²) in [5.41, 5.74) is 1.13. The molecule has 0 saturated heterocycles. The Balaban J connectivity index is 3.08. The fourth-order valence-electron chi connectivity index (χ4n) is 0.998. The van der Waals surface area contributed by atoms with Gasteiger partial charge in [0.25, 0.3) is 0 Å². The quantitative estimate of drug-likeness (QED) is 0.535. The molecule has 0 fully saturated rings. The molecule has 0 atom stereocenters. The summed E-state index contributed by atoms with van der Waals surface area (Å²) in [5.74, 6) is -0.0464. The Bertz CT molecular complexity index is 333. The van der Waals surface area contributed by atoms with Gasteiger partial charge in [0.15, 0.2) is 0 Å². The molecule has 0 radical (unpaired) electrons. The third-order valence-electron chi connectivity index (χ3n) is 1.51. The molecule has 13 heavy (non-hydrogen) atoms. The van der Waals surface area contributed by atoms with Crippen molar-refractivity contribution in [2.75, 3.05) is 0 Å². The number of carbonyl (C=O) groups excluding carboxylic acids is 1. The summed E-state index contributed by atoms with van der Waals surface area (Å²) in [6.07, 6.45) is 2.29. The molecule has 0 aliphatic rings. The lowest BCUT2D eigenvalue weighted by Crippen LogP contribution is -1.78. The van der Waals surface area contributed by atoms with Crippen LogP contribution >= 0.6 is 0 Å². The maximum atomic E-state index is 10.3. The largest absolute Gasteiger partial charge is 0.508 e. The zero-order valence-electron chi connectivity index (χ0n) is 7.19. The summed E-state index contributed by atoms with van der Waals surface area (Å²) in [5, 5.41) is 18.2. The van der Waals surface area contributed by atoms with E-state index in [1.807, 2.05) is 0 Å². The SMILES string of the molecule is CC(C=O)=Cc1cc(O)cc(O)c1. The predicted molar refractivity (Wildman–Crippen MR) is 49.5 cm³/mol. The van der Waals surface area contributed by atoms with E-state index in [0.29, 0.717) is 17.4 Å². The highest BCUT2D eigenvalue weighted by Crippen LogP contribution is 2.21. The minimum Gasteiger partial charge on any atom is -0.508 e. The molecule has 0 spiro atoms. The Labute approximate surface area is 76.0 Å². The smallest absolute Gasteiger partial charge is 0.145 e. The van der Waals surface area contributed by atoms with Gasteiger partial charge in [0.05, 0.1) is 0 Å². The molecule has 0 amide bonds. The molecular formula is C10H10O3. The van der Waals surface area contributed by atoms with Gasteiger partial charge in [-0.1, -0.05) is 0 Å². The number of phenols is 2. The standard InChI is InChI=1S/C10H10O3/c1-7(6-11)2-8-3-9(12)5-10(13)4-8/h2-6,12-13H,1H3. The molecule has 0 heterocycles. The van der Waals surface area contributed by atoms with Crippen molar-refractivity contribution in [1.82, 2.24) is 0 Å². The van der Waals surface area contributed by atoms with Crippen LogP contribution in [0.3, 0.4) is 0 Å². The number of allylic oxidation sites excluding steroid dienone is 1. The second-order valence-corrected chi connectivity index (χ2v) is 2.79. The molecule has 0 aliphatic carbocycles. The Morgan fingerprint density at radius 1 is 1.23 bits per heavy atom. The average molecular weight is 178 g/mol. The number of rotatable bonds is 2. The summed E-state index contributed by atoms with van der Waals surface area (Å²) in [7, 11) is 0. The van der Waals surface area contributed by atoms with Crippen molar-refractivity contribution in [3.8, 4) is 11.5 Å². The van der Waals surface area contributed by atoms with E-state index in [1.165, 1.54) is 18.2 Å². The maximum absolute atomic E-state index is 10.3. The molecule has 1 aromatic rings. The zero-order chi connectivity index (χ0) is 9.84. The second kappa shape index (κ2) is 3.76. The molecule has 0 bridgehead atoms. The first-order valence-corrected chi connectivity index (χ1v) is 3.78. The predicted octanol–water partition coefficient (Wildman–Crippen LogP) is 1.70. The van der Waals surface area contributed by atoms with E-state index in [0.717, 1.165) is 0 Å². The molecule has 0 aliphatic heterocycles. The summed E-state index contributed by atoms with van der Waals surface area (Å²) in [6, 6.07) is 4.16. The normalized spacial score (nSPS) is 11.3. The van der Waals surface area contributed by atoms with Crippen LogP contribution < -0.4 is 0 Å². The molecule has 0 saturated carbocycles. The number of aromatic hydroxyl groups is 2. The van der Waals surface area contributed by atoms with Crippen molar-refractivity contribution in [1.29, 1.82) is 0 Å². The number of carbonyl (C=O) groups is 1. The topological polar surface area (TPSA) is 57.5 Å². The molecule has 0 aromatic heterocycles. The first-order valence-electron chi connectivity index (χ1n) is 3.78. The molecule has 3 nitrogen and oxygen atoms in total. The lowest BCUT2D eigenvalue weighted by atomic mass is 10.1. The highest BCUT2D eigenvalue weighted by Gasteiger charge is 1.96. The number of hydrogen-bond donors (Lipinski definition) is 2. The Kier molecular flexibility index (Phi) is 2.69. The summed E-state index contributed by atoms with van der Waals surface area (Å²) < 4.78 is 0. The van der Waals surface area contributed by atoms with Gasteiger partial charge in [-0.25, -0.2) is 0 Å². The average Bonchev–Trinajstić information content (AvgIpc) is 2.02. The maximum Gasteiger partial charge on any atom is 0.145 e. The lowest BCUT2D eigenvalue weighted by Gasteiger charge is -1.98. The van der Waals surface area contributed by atoms with Crippen LogP contribution in [0.4, 0.5) is 0 Å². The van der Waals surface area contributed by atoms with Crippen LogP contribution in [0.25, 0.3) is 6.08 Å². The van der Waals surface area contributed by atoms with Crippen molar-refractivity contribution in [2.24, 2.45) is 0 Å². The van der Waals surface area contributed by atoms with Gasteiger partial charge >= 0.3 is 0 Å².